The molecule has 2 heterocycles. The molecule has 0 aliphatic heterocycles. The molecule has 5 heteroatoms. The summed E-state index contributed by atoms with van der Waals surface area (Å²) >= 11 is 1.64. The SMILES string of the molecule is CN(C)c1nc2cccc[n+]2s1.[Cl-]. The summed E-state index contributed by atoms with van der Waals surface area (Å²) in [7, 11) is 4.00. The second-order valence-electron chi connectivity index (χ2n) is 2.76. The van der Waals surface area contributed by atoms with Gasteiger partial charge in [-0.3, -0.25) is 0 Å². The van der Waals surface area contributed by atoms with Gasteiger partial charge in [0.2, 0.25) is 0 Å². The highest BCUT2D eigenvalue weighted by atomic mass is 35.5. The third kappa shape index (κ3) is 1.89. The molecule has 13 heavy (non-hydrogen) atoms. The van der Waals surface area contributed by atoms with E-state index in [4.69, 9.17) is 0 Å². The van der Waals surface area contributed by atoms with Crippen LogP contribution in [-0.2, 0) is 0 Å². The number of anilines is 1. The summed E-state index contributed by atoms with van der Waals surface area (Å²) in [5.41, 5.74) is 1.01. The van der Waals surface area contributed by atoms with Crippen molar-refractivity contribution in [3.05, 3.63) is 24.4 Å². The summed E-state index contributed by atoms with van der Waals surface area (Å²) in [6.07, 6.45) is 2.01. The maximum absolute atomic E-state index is 4.42. The van der Waals surface area contributed by atoms with Gasteiger partial charge in [0.1, 0.15) is 17.7 Å². The van der Waals surface area contributed by atoms with Crippen LogP contribution in [0.2, 0.25) is 0 Å². The lowest BCUT2D eigenvalue weighted by molar-refractivity contribution is -0.433. The van der Waals surface area contributed by atoms with Crippen LogP contribution in [0, 0.1) is 0 Å². The second kappa shape index (κ2) is 3.89. The van der Waals surface area contributed by atoms with E-state index in [0.29, 0.717) is 0 Å². The first kappa shape index (κ1) is 10.2. The first-order chi connectivity index (χ1) is 5.77. The predicted octanol–water partition coefficient (Wildman–Crippen LogP) is -2.05. The minimum absolute atomic E-state index is 0. The zero-order valence-electron chi connectivity index (χ0n) is 7.44. The monoisotopic (exact) mass is 215 g/mol. The molecule has 2 aromatic heterocycles. The normalized spacial score (nSPS) is 9.69. The average molecular weight is 216 g/mol. The zero-order valence-corrected chi connectivity index (χ0v) is 9.01. The van der Waals surface area contributed by atoms with E-state index < -0.39 is 0 Å². The molecule has 2 aromatic rings. The largest absolute Gasteiger partial charge is 1.00 e. The first-order valence-electron chi connectivity index (χ1n) is 3.72. The fourth-order valence-corrected chi connectivity index (χ4v) is 1.77. The molecule has 0 radical (unpaired) electrons. The van der Waals surface area contributed by atoms with Crippen molar-refractivity contribution in [3.63, 3.8) is 0 Å². The molecular formula is C8H10ClN3S. The van der Waals surface area contributed by atoms with Gasteiger partial charge in [-0.25, -0.2) is 0 Å². The van der Waals surface area contributed by atoms with Crippen molar-refractivity contribution in [2.45, 2.75) is 0 Å². The minimum atomic E-state index is 0. The van der Waals surface area contributed by atoms with Crippen molar-refractivity contribution in [3.8, 4) is 0 Å². The number of rotatable bonds is 1. The molecule has 0 aliphatic rings. The number of pyridine rings is 1. The van der Waals surface area contributed by atoms with Gasteiger partial charge in [0.05, 0.1) is 0 Å². The number of nitrogens with zero attached hydrogens (tertiary/aromatic N) is 3. The zero-order chi connectivity index (χ0) is 8.55. The Kier molecular flexibility index (Phi) is 3.06. The molecule has 3 nitrogen and oxygen atoms in total. The molecule has 0 saturated heterocycles. The summed E-state index contributed by atoms with van der Waals surface area (Å²) in [5, 5.41) is 1.03. The molecule has 0 aromatic carbocycles. The molecule has 0 unspecified atom stereocenters. The Balaban J connectivity index is 0.000000845. The molecular weight excluding hydrogens is 206 g/mol. The van der Waals surface area contributed by atoms with Crippen LogP contribution in [0.15, 0.2) is 24.4 Å². The van der Waals surface area contributed by atoms with Crippen LogP contribution in [0.4, 0.5) is 5.13 Å². The Labute approximate surface area is 87.2 Å². The first-order valence-corrected chi connectivity index (χ1v) is 4.50. The predicted molar refractivity (Wildman–Crippen MR) is 49.6 cm³/mol. The topological polar surface area (TPSA) is 20.2 Å². The standard InChI is InChI=1S/C8H10N3S.ClH/c1-10(2)8-9-7-5-3-4-6-11(7)12-8;/h3-6H,1-2H3;1H/q+1;/p-1. The third-order valence-corrected chi connectivity index (χ3v) is 2.70. The van der Waals surface area contributed by atoms with Crippen molar-refractivity contribution >= 4 is 22.3 Å². The van der Waals surface area contributed by atoms with Crippen LogP contribution >= 0.6 is 11.5 Å². The van der Waals surface area contributed by atoms with Gasteiger partial charge in [-0.2, -0.15) is 0 Å². The van der Waals surface area contributed by atoms with E-state index in [0.717, 1.165) is 10.8 Å². The molecule has 2 rings (SSSR count). The van der Waals surface area contributed by atoms with E-state index in [2.05, 4.69) is 8.77 Å². The summed E-state index contributed by atoms with van der Waals surface area (Å²) in [6, 6.07) is 6.00. The van der Waals surface area contributed by atoms with E-state index in [1.807, 2.05) is 43.4 Å². The van der Waals surface area contributed by atoms with Crippen LogP contribution in [0.1, 0.15) is 0 Å². The van der Waals surface area contributed by atoms with Crippen molar-refractivity contribution < 1.29 is 16.2 Å². The van der Waals surface area contributed by atoms with Gasteiger partial charge in [0.25, 0.3) is 0 Å². The third-order valence-electron chi connectivity index (χ3n) is 1.58. The molecule has 0 atom stereocenters. The quantitative estimate of drug-likeness (QED) is 0.511. The number of halogens is 1. The van der Waals surface area contributed by atoms with E-state index in [1.54, 1.807) is 11.5 Å². The second-order valence-corrected chi connectivity index (χ2v) is 3.71. The van der Waals surface area contributed by atoms with Gasteiger partial charge in [0.15, 0.2) is 0 Å². The molecule has 0 amide bonds. The smallest absolute Gasteiger partial charge is 0.342 e. The average Bonchev–Trinajstić information content (AvgIpc) is 2.46. The highest BCUT2D eigenvalue weighted by Crippen LogP contribution is 2.12. The van der Waals surface area contributed by atoms with Crippen molar-refractivity contribution in [1.82, 2.24) is 4.98 Å². The van der Waals surface area contributed by atoms with E-state index in [-0.39, 0.29) is 12.4 Å². The molecule has 0 saturated carbocycles. The Hall–Kier alpha value is -0.870. The van der Waals surface area contributed by atoms with E-state index >= 15 is 0 Å². The lowest BCUT2D eigenvalue weighted by Gasteiger charge is -1.98. The van der Waals surface area contributed by atoms with Crippen LogP contribution < -0.4 is 21.1 Å². The highest BCUT2D eigenvalue weighted by Gasteiger charge is 2.13. The Bertz CT molecular complexity index is 366. The number of aromatic nitrogens is 2. The molecule has 0 fully saturated rings. The van der Waals surface area contributed by atoms with Crippen LogP contribution in [0.5, 0.6) is 0 Å². The summed E-state index contributed by atoms with van der Waals surface area (Å²) < 4.78 is 2.05. The molecule has 0 spiro atoms. The number of hydrogen-bond acceptors (Lipinski definition) is 3. The van der Waals surface area contributed by atoms with Gasteiger partial charge in [-0.15, -0.1) is 3.79 Å². The Morgan fingerprint density at radius 2 is 2.15 bits per heavy atom. The summed E-state index contributed by atoms with van der Waals surface area (Å²) in [6.45, 7) is 0. The number of fused-ring (bicyclic) bond motifs is 1. The minimum Gasteiger partial charge on any atom is -1.00 e. The highest BCUT2D eigenvalue weighted by molar-refractivity contribution is 7.06. The Morgan fingerprint density at radius 1 is 1.38 bits per heavy atom. The van der Waals surface area contributed by atoms with E-state index in [1.165, 1.54) is 0 Å². The van der Waals surface area contributed by atoms with Crippen molar-refractivity contribution in [2.75, 3.05) is 19.0 Å². The van der Waals surface area contributed by atoms with Gasteiger partial charge >= 0.3 is 10.8 Å². The molecule has 70 valence electrons. The summed E-state index contributed by atoms with van der Waals surface area (Å²) in [4.78, 5) is 6.43. The fraction of sp³-hybridized carbons (Fsp3) is 0.250. The maximum atomic E-state index is 4.42. The fourth-order valence-electron chi connectivity index (χ4n) is 0.971. The maximum Gasteiger partial charge on any atom is 0.342 e. The van der Waals surface area contributed by atoms with Gasteiger partial charge < -0.3 is 17.3 Å². The lowest BCUT2D eigenvalue weighted by atomic mass is 10.5. The van der Waals surface area contributed by atoms with Crippen molar-refractivity contribution in [1.29, 1.82) is 0 Å². The molecule has 0 aliphatic carbocycles. The Morgan fingerprint density at radius 3 is 2.77 bits per heavy atom. The molecule has 0 bridgehead atoms. The van der Waals surface area contributed by atoms with Gasteiger partial charge in [-0.1, -0.05) is 6.07 Å². The van der Waals surface area contributed by atoms with Crippen LogP contribution in [0.3, 0.4) is 0 Å². The van der Waals surface area contributed by atoms with E-state index in [9.17, 15) is 0 Å². The van der Waals surface area contributed by atoms with Gasteiger partial charge in [-0.05, 0) is 11.1 Å². The van der Waals surface area contributed by atoms with Crippen molar-refractivity contribution in [2.24, 2.45) is 0 Å². The number of hydrogen-bond donors (Lipinski definition) is 0. The van der Waals surface area contributed by atoms with Gasteiger partial charge in [0, 0.05) is 20.2 Å². The summed E-state index contributed by atoms with van der Waals surface area (Å²) in [5.74, 6) is 0. The van der Waals surface area contributed by atoms with Crippen LogP contribution in [-0.4, -0.2) is 19.1 Å². The molecule has 0 N–H and O–H groups in total. The lowest BCUT2D eigenvalue weighted by Crippen LogP contribution is -3.00. The van der Waals surface area contributed by atoms with Crippen LogP contribution in [0.25, 0.3) is 5.65 Å².